The highest BCUT2D eigenvalue weighted by Gasteiger charge is 2.57. The van der Waals surface area contributed by atoms with Crippen LogP contribution in [0.2, 0.25) is 0 Å². The number of carbonyl (C=O) groups is 1. The van der Waals surface area contributed by atoms with Gasteiger partial charge in [0, 0.05) is 30.6 Å². The predicted molar refractivity (Wildman–Crippen MR) is 137 cm³/mol. The van der Waals surface area contributed by atoms with E-state index in [-0.39, 0.29) is 11.9 Å². The summed E-state index contributed by atoms with van der Waals surface area (Å²) >= 11 is 0. The molecule has 37 heavy (non-hydrogen) atoms. The standard InChI is InChI=1S/C29H33F3N2O3/c1-3-15-34-16-14-27(22-7-5-9-25(18-22)37-2)19-24(12-13-28(27,36)20-34)33-26(35)11-10-21-6-4-8-23(17-21)29(30,31)32/h3-11,17-18,24,36H,1,12-16,19-20H2,2H3,(H,33,35)/b11-10+. The van der Waals surface area contributed by atoms with Gasteiger partial charge in [0.1, 0.15) is 5.75 Å². The van der Waals surface area contributed by atoms with E-state index in [0.717, 1.165) is 24.2 Å². The van der Waals surface area contributed by atoms with E-state index in [9.17, 15) is 23.1 Å². The van der Waals surface area contributed by atoms with Crippen molar-refractivity contribution in [3.05, 3.63) is 84.0 Å². The van der Waals surface area contributed by atoms with E-state index in [1.54, 1.807) is 7.11 Å². The van der Waals surface area contributed by atoms with Crippen molar-refractivity contribution in [2.45, 2.75) is 48.9 Å². The van der Waals surface area contributed by atoms with Gasteiger partial charge in [0.25, 0.3) is 0 Å². The maximum absolute atomic E-state index is 13.0. The van der Waals surface area contributed by atoms with Gasteiger partial charge in [-0.2, -0.15) is 13.2 Å². The third kappa shape index (κ3) is 5.75. The molecule has 0 spiro atoms. The predicted octanol–water partition coefficient (Wildman–Crippen LogP) is 4.96. The number of rotatable bonds is 7. The molecule has 3 atom stereocenters. The number of nitrogens with zero attached hydrogens (tertiary/aromatic N) is 1. The van der Waals surface area contributed by atoms with Crippen LogP contribution in [0.25, 0.3) is 6.08 Å². The van der Waals surface area contributed by atoms with E-state index in [0.29, 0.717) is 50.1 Å². The first kappa shape index (κ1) is 26.9. The van der Waals surface area contributed by atoms with Crippen LogP contribution >= 0.6 is 0 Å². The Labute approximate surface area is 215 Å². The molecule has 0 bridgehead atoms. The van der Waals surface area contributed by atoms with Crippen molar-refractivity contribution in [2.24, 2.45) is 0 Å². The number of halogens is 3. The summed E-state index contributed by atoms with van der Waals surface area (Å²) in [6.45, 7) is 5.81. The number of ether oxygens (including phenoxy) is 1. The lowest BCUT2D eigenvalue weighted by Gasteiger charge is -2.58. The summed E-state index contributed by atoms with van der Waals surface area (Å²) in [5.41, 5.74) is -1.06. The third-order valence-electron chi connectivity index (χ3n) is 7.73. The zero-order valence-corrected chi connectivity index (χ0v) is 20.9. The van der Waals surface area contributed by atoms with Gasteiger partial charge in [-0.05, 0) is 73.7 Å². The zero-order valence-electron chi connectivity index (χ0n) is 20.9. The summed E-state index contributed by atoms with van der Waals surface area (Å²) in [6.07, 6.45) is 2.38. The van der Waals surface area contributed by atoms with E-state index in [2.05, 4.69) is 16.8 Å². The number of amides is 1. The van der Waals surface area contributed by atoms with Gasteiger partial charge in [0.2, 0.25) is 5.91 Å². The molecule has 1 aliphatic carbocycles. The molecule has 2 aromatic carbocycles. The summed E-state index contributed by atoms with van der Waals surface area (Å²) in [6, 6.07) is 12.4. The SMILES string of the molecule is C=CCN1CCC2(c3cccc(OC)c3)CC(NC(=O)/C=C/c3cccc(C(F)(F)F)c3)CCC2(O)C1. The number of nitrogens with one attached hydrogen (secondary N) is 1. The van der Waals surface area contributed by atoms with Crippen molar-refractivity contribution >= 4 is 12.0 Å². The van der Waals surface area contributed by atoms with Crippen molar-refractivity contribution in [3.63, 3.8) is 0 Å². The zero-order chi connectivity index (χ0) is 26.7. The Kier molecular flexibility index (Phi) is 7.80. The summed E-state index contributed by atoms with van der Waals surface area (Å²) in [4.78, 5) is 15.0. The maximum Gasteiger partial charge on any atom is 0.416 e. The lowest BCUT2D eigenvalue weighted by Crippen LogP contribution is -2.67. The molecule has 1 amide bonds. The first-order valence-electron chi connectivity index (χ1n) is 12.4. The molecule has 3 unspecified atom stereocenters. The number of likely N-dealkylation sites (tertiary alicyclic amines) is 1. The van der Waals surface area contributed by atoms with Gasteiger partial charge in [-0.15, -0.1) is 6.58 Å². The Morgan fingerprint density at radius 3 is 2.76 bits per heavy atom. The topological polar surface area (TPSA) is 61.8 Å². The lowest BCUT2D eigenvalue weighted by molar-refractivity contribution is -0.137. The molecule has 2 fully saturated rings. The van der Waals surface area contributed by atoms with Crippen molar-refractivity contribution in [1.82, 2.24) is 10.2 Å². The fraction of sp³-hybridized carbons (Fsp3) is 0.414. The van der Waals surface area contributed by atoms with Crippen LogP contribution < -0.4 is 10.1 Å². The van der Waals surface area contributed by atoms with Crippen LogP contribution in [-0.4, -0.2) is 54.3 Å². The smallest absolute Gasteiger partial charge is 0.416 e. The number of aliphatic hydroxyl groups is 1. The average Bonchev–Trinajstić information content (AvgIpc) is 2.87. The summed E-state index contributed by atoms with van der Waals surface area (Å²) in [5, 5.41) is 15.0. The number of hydrogen-bond acceptors (Lipinski definition) is 4. The number of piperidine rings is 1. The van der Waals surface area contributed by atoms with Crippen LogP contribution in [0.4, 0.5) is 13.2 Å². The third-order valence-corrected chi connectivity index (χ3v) is 7.73. The second kappa shape index (κ2) is 10.7. The molecule has 8 heteroatoms. The molecule has 2 aromatic rings. The highest BCUT2D eigenvalue weighted by molar-refractivity contribution is 5.92. The van der Waals surface area contributed by atoms with Gasteiger partial charge in [-0.3, -0.25) is 9.69 Å². The van der Waals surface area contributed by atoms with Gasteiger partial charge in [0.15, 0.2) is 0 Å². The number of hydrogen-bond donors (Lipinski definition) is 2. The van der Waals surface area contributed by atoms with Gasteiger partial charge < -0.3 is 15.2 Å². The Hall–Kier alpha value is -3.10. The number of methoxy groups -OCH3 is 1. The molecule has 0 aromatic heterocycles. The van der Waals surface area contributed by atoms with Gasteiger partial charge in [-0.25, -0.2) is 0 Å². The second-order valence-electron chi connectivity index (χ2n) is 10.0. The number of fused-ring (bicyclic) bond motifs is 1. The number of alkyl halides is 3. The van der Waals surface area contributed by atoms with Crippen molar-refractivity contribution in [3.8, 4) is 5.75 Å². The molecule has 198 valence electrons. The monoisotopic (exact) mass is 514 g/mol. The van der Waals surface area contributed by atoms with E-state index in [4.69, 9.17) is 4.74 Å². The first-order valence-corrected chi connectivity index (χ1v) is 12.4. The van der Waals surface area contributed by atoms with Gasteiger partial charge in [0.05, 0.1) is 18.3 Å². The average molecular weight is 515 g/mol. The second-order valence-corrected chi connectivity index (χ2v) is 10.0. The number of benzene rings is 2. The van der Waals surface area contributed by atoms with E-state index < -0.39 is 22.8 Å². The molecular formula is C29H33F3N2O3. The minimum absolute atomic E-state index is 0.198. The van der Waals surface area contributed by atoms with Crippen LogP contribution in [0.1, 0.15) is 42.4 Å². The quantitative estimate of drug-likeness (QED) is 0.405. The lowest BCUT2D eigenvalue weighted by atomic mass is 9.55. The number of carbonyl (C=O) groups excluding carboxylic acids is 1. The van der Waals surface area contributed by atoms with Gasteiger partial charge in [-0.1, -0.05) is 30.3 Å². The Balaban J connectivity index is 1.54. The molecule has 5 nitrogen and oxygen atoms in total. The van der Waals surface area contributed by atoms with Crippen LogP contribution in [0, 0.1) is 0 Å². The minimum Gasteiger partial charge on any atom is -0.497 e. The van der Waals surface area contributed by atoms with Crippen LogP contribution in [0.3, 0.4) is 0 Å². The molecular weight excluding hydrogens is 481 g/mol. The molecule has 1 aliphatic heterocycles. The molecule has 2 aliphatic rings. The fourth-order valence-electron chi connectivity index (χ4n) is 5.88. The molecule has 2 N–H and O–H groups in total. The minimum atomic E-state index is -4.44. The molecule has 4 rings (SSSR count). The molecule has 1 saturated carbocycles. The summed E-state index contributed by atoms with van der Waals surface area (Å²) in [7, 11) is 1.61. The fourth-order valence-corrected chi connectivity index (χ4v) is 5.88. The highest BCUT2D eigenvalue weighted by atomic mass is 19.4. The normalized spacial score (nSPS) is 26.5. The number of β-amino-alcohol motifs (C(OH)–C–C–N with tert-alkyl or cyclic N) is 1. The van der Waals surface area contributed by atoms with E-state index in [1.807, 2.05) is 30.3 Å². The van der Waals surface area contributed by atoms with Crippen molar-refractivity contribution < 1.29 is 27.8 Å². The van der Waals surface area contributed by atoms with Crippen molar-refractivity contribution in [1.29, 1.82) is 0 Å². The largest absolute Gasteiger partial charge is 0.497 e. The molecule has 1 heterocycles. The Morgan fingerprint density at radius 2 is 2.03 bits per heavy atom. The van der Waals surface area contributed by atoms with Crippen molar-refractivity contribution in [2.75, 3.05) is 26.7 Å². The summed E-state index contributed by atoms with van der Waals surface area (Å²) < 4.78 is 44.4. The van der Waals surface area contributed by atoms with Crippen LogP contribution in [-0.2, 0) is 16.4 Å². The first-order chi connectivity index (χ1) is 17.6. The molecule has 1 saturated heterocycles. The maximum atomic E-state index is 13.0. The van der Waals surface area contributed by atoms with E-state index in [1.165, 1.54) is 24.3 Å². The van der Waals surface area contributed by atoms with E-state index >= 15 is 0 Å². The molecule has 0 radical (unpaired) electrons. The van der Waals surface area contributed by atoms with Gasteiger partial charge >= 0.3 is 6.18 Å². The Morgan fingerprint density at radius 1 is 1.24 bits per heavy atom. The Bertz CT molecular complexity index is 1170. The summed E-state index contributed by atoms with van der Waals surface area (Å²) in [5.74, 6) is 0.329. The van der Waals surface area contributed by atoms with Crippen LogP contribution in [0.15, 0.2) is 67.3 Å². The van der Waals surface area contributed by atoms with Crippen LogP contribution in [0.5, 0.6) is 5.75 Å². The highest BCUT2D eigenvalue weighted by Crippen LogP contribution is 2.52.